The molecule has 2 aliphatic rings. The van der Waals surface area contributed by atoms with Crippen molar-refractivity contribution in [2.45, 2.75) is 25.4 Å². The Morgan fingerprint density at radius 3 is 3.04 bits per heavy atom. The van der Waals surface area contributed by atoms with Crippen LogP contribution in [0.25, 0.3) is 5.65 Å². The van der Waals surface area contributed by atoms with Crippen LogP contribution in [0, 0.1) is 5.41 Å². The first kappa shape index (κ1) is 16.5. The van der Waals surface area contributed by atoms with E-state index in [0.717, 1.165) is 30.4 Å². The van der Waals surface area contributed by atoms with E-state index in [-0.39, 0.29) is 23.4 Å². The first-order chi connectivity index (χ1) is 12.1. The van der Waals surface area contributed by atoms with Crippen molar-refractivity contribution in [3.8, 4) is 0 Å². The molecule has 2 N–H and O–H groups in total. The summed E-state index contributed by atoms with van der Waals surface area (Å²) in [4.78, 5) is 28.9. The Bertz CT molecular complexity index is 830. The van der Waals surface area contributed by atoms with Crippen LogP contribution in [-0.4, -0.2) is 52.2 Å². The molecule has 25 heavy (non-hydrogen) atoms. The van der Waals surface area contributed by atoms with Crippen LogP contribution in [-0.2, 0) is 9.53 Å². The van der Waals surface area contributed by atoms with E-state index in [9.17, 15) is 9.59 Å². The minimum atomic E-state index is -0.376. The summed E-state index contributed by atoms with van der Waals surface area (Å²) in [5, 5.41) is 10.2. The quantitative estimate of drug-likeness (QED) is 0.733. The molecule has 8 nitrogen and oxygen atoms in total. The van der Waals surface area contributed by atoms with Gasteiger partial charge in [0.2, 0.25) is 0 Å². The van der Waals surface area contributed by atoms with Crippen molar-refractivity contribution < 1.29 is 14.3 Å². The van der Waals surface area contributed by atoms with E-state index >= 15 is 0 Å². The number of amides is 1. The van der Waals surface area contributed by atoms with Crippen molar-refractivity contribution in [1.82, 2.24) is 25.2 Å². The topological polar surface area (TPSA) is 97.6 Å². The summed E-state index contributed by atoms with van der Waals surface area (Å²) in [5.41, 5.74) is 0.506. The van der Waals surface area contributed by atoms with Crippen molar-refractivity contribution in [3.63, 3.8) is 0 Å². The Balaban J connectivity index is 1.41. The number of piperidine rings is 1. The monoisotopic (exact) mass is 407 g/mol. The highest BCUT2D eigenvalue weighted by Crippen LogP contribution is 2.41. The molecule has 1 amide bonds. The van der Waals surface area contributed by atoms with Gasteiger partial charge in [0.05, 0.1) is 22.6 Å². The highest BCUT2D eigenvalue weighted by molar-refractivity contribution is 9.10. The maximum absolute atomic E-state index is 12.4. The molecule has 0 aliphatic carbocycles. The molecule has 0 radical (unpaired) electrons. The van der Waals surface area contributed by atoms with Gasteiger partial charge in [-0.3, -0.25) is 9.59 Å². The molecule has 1 spiro atoms. The van der Waals surface area contributed by atoms with Gasteiger partial charge in [0.1, 0.15) is 11.7 Å². The third kappa shape index (κ3) is 3.02. The third-order valence-corrected chi connectivity index (χ3v) is 5.36. The van der Waals surface area contributed by atoms with Crippen LogP contribution >= 0.6 is 15.9 Å². The Morgan fingerprint density at radius 2 is 2.24 bits per heavy atom. The number of ether oxygens (including phenoxy) is 1. The number of carbonyl (C=O) groups is 2. The minimum Gasteiger partial charge on any atom is -0.460 e. The Labute approximate surface area is 152 Å². The predicted molar refractivity (Wildman–Crippen MR) is 92.1 cm³/mol. The van der Waals surface area contributed by atoms with E-state index < -0.39 is 0 Å². The summed E-state index contributed by atoms with van der Waals surface area (Å²) in [6.07, 6.45) is 6.81. The van der Waals surface area contributed by atoms with E-state index in [1.807, 2.05) is 0 Å². The van der Waals surface area contributed by atoms with Crippen molar-refractivity contribution in [2.24, 2.45) is 5.41 Å². The summed E-state index contributed by atoms with van der Waals surface area (Å²) in [6.45, 7) is 1.96. The van der Waals surface area contributed by atoms with E-state index in [1.54, 1.807) is 16.9 Å². The highest BCUT2D eigenvalue weighted by atomic mass is 79.9. The van der Waals surface area contributed by atoms with Gasteiger partial charge in [-0.2, -0.15) is 5.10 Å². The Hall–Kier alpha value is -2.00. The number of aromatic nitrogens is 3. The lowest BCUT2D eigenvalue weighted by molar-refractivity contribution is -0.149. The maximum Gasteiger partial charge on any atom is 0.312 e. The highest BCUT2D eigenvalue weighted by Gasteiger charge is 2.49. The largest absolute Gasteiger partial charge is 0.460 e. The van der Waals surface area contributed by atoms with Gasteiger partial charge in [-0.25, -0.2) is 9.50 Å². The van der Waals surface area contributed by atoms with Gasteiger partial charge in [-0.15, -0.1) is 0 Å². The Kier molecular flexibility index (Phi) is 4.20. The number of nitrogens with one attached hydrogen (secondary N) is 2. The van der Waals surface area contributed by atoms with Crippen LogP contribution in [0.2, 0.25) is 0 Å². The van der Waals surface area contributed by atoms with Gasteiger partial charge in [0, 0.05) is 18.8 Å². The molecule has 9 heteroatoms. The normalized spacial score (nSPS) is 22.3. The maximum atomic E-state index is 12.4. The van der Waals surface area contributed by atoms with Crippen molar-refractivity contribution in [3.05, 3.63) is 28.6 Å². The van der Waals surface area contributed by atoms with E-state index in [1.165, 1.54) is 6.20 Å². The lowest BCUT2D eigenvalue weighted by atomic mass is 9.76. The standard InChI is InChI=1S/C16H18BrN5O3/c17-10-6-19-13-12(8-21-22(13)9-10)14(23)20-7-11-5-16(15(24)25-11)1-3-18-4-2-16/h6,8-9,11,18H,1-5,7H2,(H,20,23). The zero-order valence-electron chi connectivity index (χ0n) is 13.5. The number of carbonyl (C=O) groups excluding carboxylic acids is 2. The van der Waals surface area contributed by atoms with Crippen LogP contribution in [0.15, 0.2) is 23.1 Å². The number of rotatable bonds is 3. The fourth-order valence-electron chi connectivity index (χ4n) is 3.58. The van der Waals surface area contributed by atoms with Gasteiger partial charge in [-0.05, 0) is 41.9 Å². The van der Waals surface area contributed by atoms with Crippen molar-refractivity contribution in [1.29, 1.82) is 0 Å². The van der Waals surface area contributed by atoms with Crippen LogP contribution in [0.3, 0.4) is 0 Å². The number of cyclic esters (lactones) is 1. The molecule has 0 aromatic carbocycles. The fourth-order valence-corrected chi connectivity index (χ4v) is 3.87. The number of nitrogens with zero attached hydrogens (tertiary/aromatic N) is 3. The molecule has 1 atom stereocenters. The van der Waals surface area contributed by atoms with Gasteiger partial charge < -0.3 is 15.4 Å². The van der Waals surface area contributed by atoms with E-state index in [0.29, 0.717) is 24.2 Å². The van der Waals surface area contributed by atoms with Crippen LogP contribution in [0.1, 0.15) is 29.6 Å². The predicted octanol–water partition coefficient (Wildman–Crippen LogP) is 0.907. The zero-order valence-corrected chi connectivity index (χ0v) is 15.1. The first-order valence-corrected chi connectivity index (χ1v) is 9.06. The lowest BCUT2D eigenvalue weighted by Gasteiger charge is -2.29. The van der Waals surface area contributed by atoms with E-state index in [4.69, 9.17) is 4.74 Å². The molecule has 0 saturated carbocycles. The zero-order chi connectivity index (χ0) is 17.4. The summed E-state index contributed by atoms with van der Waals surface area (Å²) in [6, 6.07) is 0. The first-order valence-electron chi connectivity index (χ1n) is 8.26. The third-order valence-electron chi connectivity index (χ3n) is 4.95. The molecule has 132 valence electrons. The molecular formula is C16H18BrN5O3. The van der Waals surface area contributed by atoms with Crippen LogP contribution in [0.4, 0.5) is 0 Å². The second-order valence-corrected chi connectivity index (χ2v) is 7.49. The lowest BCUT2D eigenvalue weighted by Crippen LogP contribution is -2.39. The summed E-state index contributed by atoms with van der Waals surface area (Å²) < 4.78 is 7.82. The molecule has 2 saturated heterocycles. The van der Waals surface area contributed by atoms with Crippen molar-refractivity contribution >= 4 is 33.5 Å². The molecule has 2 fully saturated rings. The molecule has 4 heterocycles. The molecule has 4 rings (SSSR count). The number of hydrogen-bond donors (Lipinski definition) is 2. The van der Waals surface area contributed by atoms with Crippen molar-refractivity contribution in [2.75, 3.05) is 19.6 Å². The van der Waals surface area contributed by atoms with Gasteiger partial charge in [-0.1, -0.05) is 0 Å². The number of esters is 1. The SMILES string of the molecule is O=C(NCC1CC2(CCNCC2)C(=O)O1)c1cnn2cc(Br)cnc12. The van der Waals surface area contributed by atoms with Gasteiger partial charge >= 0.3 is 5.97 Å². The summed E-state index contributed by atoms with van der Waals surface area (Å²) >= 11 is 3.32. The number of fused-ring (bicyclic) bond motifs is 1. The molecular weight excluding hydrogens is 390 g/mol. The molecule has 0 bridgehead atoms. The average molecular weight is 408 g/mol. The molecule has 1 unspecified atom stereocenters. The van der Waals surface area contributed by atoms with E-state index in [2.05, 4.69) is 36.6 Å². The summed E-state index contributed by atoms with van der Waals surface area (Å²) in [7, 11) is 0. The molecule has 2 aromatic heterocycles. The molecule has 2 aromatic rings. The average Bonchev–Trinajstić information content (AvgIpc) is 3.15. The summed E-state index contributed by atoms with van der Waals surface area (Å²) in [5.74, 6) is -0.400. The fraction of sp³-hybridized carbons (Fsp3) is 0.500. The number of halogens is 1. The number of hydrogen-bond acceptors (Lipinski definition) is 6. The second kappa shape index (κ2) is 6.38. The minimum absolute atomic E-state index is 0.129. The Morgan fingerprint density at radius 1 is 1.44 bits per heavy atom. The van der Waals surface area contributed by atoms with Crippen LogP contribution < -0.4 is 10.6 Å². The van der Waals surface area contributed by atoms with Gasteiger partial charge in [0.25, 0.3) is 5.91 Å². The van der Waals surface area contributed by atoms with Crippen LogP contribution in [0.5, 0.6) is 0 Å². The van der Waals surface area contributed by atoms with Gasteiger partial charge in [0.15, 0.2) is 5.65 Å². The second-order valence-electron chi connectivity index (χ2n) is 6.57. The smallest absolute Gasteiger partial charge is 0.312 e. The molecule has 2 aliphatic heterocycles.